The van der Waals surface area contributed by atoms with Gasteiger partial charge in [-0.15, -0.1) is 0 Å². The third-order valence-electron chi connectivity index (χ3n) is 4.36. The highest BCUT2D eigenvalue weighted by Gasteiger charge is 2.43. The van der Waals surface area contributed by atoms with Gasteiger partial charge >= 0.3 is 5.97 Å². The molecule has 2 rings (SSSR count). The number of aliphatic imine (C=N–C) groups is 1. The highest BCUT2D eigenvalue weighted by molar-refractivity contribution is 6.03. The Morgan fingerprint density at radius 1 is 1.20 bits per heavy atom. The summed E-state index contributed by atoms with van der Waals surface area (Å²) in [6.45, 7) is 6.62. The molecule has 0 bridgehead atoms. The predicted octanol–water partition coefficient (Wildman–Crippen LogP) is 0.859. The molecule has 0 unspecified atom stereocenters. The number of aromatic nitrogens is 1. The number of carbonyl (C=O) groups is 1. The Hall–Kier alpha value is -2.43. The lowest BCUT2D eigenvalue weighted by atomic mass is 10.1. The minimum Gasteiger partial charge on any atom is -0.503 e. The van der Waals surface area contributed by atoms with Crippen LogP contribution in [-0.2, 0) is 23.7 Å². The summed E-state index contributed by atoms with van der Waals surface area (Å²) in [6.07, 6.45) is 1.52. The van der Waals surface area contributed by atoms with Gasteiger partial charge in [-0.1, -0.05) is 0 Å². The Morgan fingerprint density at radius 3 is 2.53 bits per heavy atom. The number of ether oxygens (including phenoxy) is 5. The number of amidine groups is 1. The second kappa shape index (κ2) is 11.7. The van der Waals surface area contributed by atoms with Crippen molar-refractivity contribution >= 4 is 11.8 Å². The fraction of sp³-hybridized carbons (Fsp3) is 0.650. The molecule has 1 aliphatic rings. The van der Waals surface area contributed by atoms with Crippen LogP contribution in [0.1, 0.15) is 19.5 Å². The smallest absolute Gasteiger partial charge is 0.335 e. The van der Waals surface area contributed by atoms with Gasteiger partial charge in [0, 0.05) is 26.4 Å². The lowest BCUT2D eigenvalue weighted by Crippen LogP contribution is -2.40. The van der Waals surface area contributed by atoms with Crippen LogP contribution in [-0.4, -0.2) is 99.3 Å². The SMILES string of the molecule is CCOC(=O)[C@@]1(C)CN(C)C(c2nccc(OCCOCCOCCOC)c2O)=N1. The molecule has 0 spiro atoms. The second-order valence-electron chi connectivity index (χ2n) is 6.86. The van der Waals surface area contributed by atoms with Crippen molar-refractivity contribution in [1.82, 2.24) is 9.88 Å². The van der Waals surface area contributed by atoms with Crippen LogP contribution in [0, 0.1) is 0 Å². The van der Waals surface area contributed by atoms with Crippen molar-refractivity contribution in [3.8, 4) is 11.5 Å². The van der Waals surface area contributed by atoms with E-state index >= 15 is 0 Å². The molecule has 10 heteroatoms. The number of nitrogens with zero attached hydrogens (tertiary/aromatic N) is 3. The van der Waals surface area contributed by atoms with Crippen LogP contribution in [0.4, 0.5) is 0 Å². The molecule has 1 atom stereocenters. The van der Waals surface area contributed by atoms with Gasteiger partial charge in [0.05, 0.1) is 46.2 Å². The molecule has 0 amide bonds. The van der Waals surface area contributed by atoms with Gasteiger partial charge < -0.3 is 33.7 Å². The van der Waals surface area contributed by atoms with Crippen molar-refractivity contribution < 1.29 is 33.6 Å². The quantitative estimate of drug-likeness (QED) is 0.363. The van der Waals surface area contributed by atoms with Crippen molar-refractivity contribution in [3.05, 3.63) is 18.0 Å². The molecular weight excluding hydrogens is 394 g/mol. The molecule has 1 aliphatic heterocycles. The van der Waals surface area contributed by atoms with E-state index < -0.39 is 11.5 Å². The first-order chi connectivity index (χ1) is 14.4. The lowest BCUT2D eigenvalue weighted by molar-refractivity contribution is -0.148. The first-order valence-corrected chi connectivity index (χ1v) is 9.86. The van der Waals surface area contributed by atoms with Gasteiger partial charge in [-0.05, 0) is 13.8 Å². The Morgan fingerprint density at radius 2 is 1.87 bits per heavy atom. The van der Waals surface area contributed by atoms with Crippen molar-refractivity contribution in [2.45, 2.75) is 19.4 Å². The van der Waals surface area contributed by atoms with Crippen molar-refractivity contribution in [1.29, 1.82) is 0 Å². The number of hydrogen-bond donors (Lipinski definition) is 1. The maximum absolute atomic E-state index is 12.3. The zero-order chi connectivity index (χ0) is 22.0. The molecular formula is C20H31N3O7. The number of carbonyl (C=O) groups excluding carboxylic acids is 1. The minimum atomic E-state index is -1.05. The van der Waals surface area contributed by atoms with E-state index in [0.717, 1.165) is 0 Å². The third kappa shape index (κ3) is 6.28. The van der Waals surface area contributed by atoms with Crippen molar-refractivity contribution in [2.75, 3.05) is 67.0 Å². The average molecular weight is 425 g/mol. The zero-order valence-electron chi connectivity index (χ0n) is 18.0. The normalized spacial score (nSPS) is 18.4. The summed E-state index contributed by atoms with van der Waals surface area (Å²) in [5, 5.41) is 10.6. The molecule has 1 aromatic rings. The van der Waals surface area contributed by atoms with Gasteiger partial charge in [-0.2, -0.15) is 0 Å². The molecule has 10 nitrogen and oxygen atoms in total. The molecule has 0 aromatic carbocycles. The summed E-state index contributed by atoms with van der Waals surface area (Å²) < 4.78 is 26.3. The fourth-order valence-corrected chi connectivity index (χ4v) is 2.91. The number of rotatable bonds is 13. The van der Waals surface area contributed by atoms with Gasteiger partial charge in [0.2, 0.25) is 0 Å². The Bertz CT molecular complexity index is 728. The number of aromatic hydroxyl groups is 1. The zero-order valence-corrected chi connectivity index (χ0v) is 18.0. The van der Waals surface area contributed by atoms with Crippen LogP contribution in [0.5, 0.6) is 11.5 Å². The minimum absolute atomic E-state index is 0.140. The molecule has 1 aromatic heterocycles. The molecule has 0 fully saturated rings. The molecule has 0 aliphatic carbocycles. The highest BCUT2D eigenvalue weighted by Crippen LogP contribution is 2.32. The van der Waals surface area contributed by atoms with Crippen LogP contribution in [0.2, 0.25) is 0 Å². The predicted molar refractivity (Wildman–Crippen MR) is 109 cm³/mol. The molecule has 0 radical (unpaired) electrons. The number of pyridine rings is 1. The van der Waals surface area contributed by atoms with Crippen LogP contribution >= 0.6 is 0 Å². The van der Waals surface area contributed by atoms with Crippen LogP contribution in [0.3, 0.4) is 0 Å². The molecule has 2 heterocycles. The standard InChI is InChI=1S/C20H31N3O7/c1-5-29-19(25)20(2)14-23(3)18(22-20)16-17(24)15(6-7-21-16)30-13-12-28-11-10-27-9-8-26-4/h6-7,24H,5,8-14H2,1-4H3/t20-/m1/s1. The first-order valence-electron chi connectivity index (χ1n) is 9.86. The van der Waals surface area contributed by atoms with E-state index in [1.807, 2.05) is 0 Å². The van der Waals surface area contributed by atoms with Gasteiger partial charge in [0.15, 0.2) is 28.6 Å². The van der Waals surface area contributed by atoms with E-state index in [-0.39, 0.29) is 30.4 Å². The molecule has 168 valence electrons. The van der Waals surface area contributed by atoms with Crippen molar-refractivity contribution in [3.63, 3.8) is 0 Å². The summed E-state index contributed by atoms with van der Waals surface area (Å²) in [6, 6.07) is 1.56. The molecule has 0 saturated heterocycles. The third-order valence-corrected chi connectivity index (χ3v) is 4.36. The largest absolute Gasteiger partial charge is 0.503 e. The first kappa shape index (κ1) is 23.8. The average Bonchev–Trinajstić information content (AvgIpc) is 3.03. The van der Waals surface area contributed by atoms with Crippen LogP contribution in [0.25, 0.3) is 0 Å². The summed E-state index contributed by atoms with van der Waals surface area (Å²) >= 11 is 0. The van der Waals surface area contributed by atoms with Crippen LogP contribution < -0.4 is 4.74 Å². The number of hydrogen-bond acceptors (Lipinski definition) is 10. The number of likely N-dealkylation sites (N-methyl/N-ethyl adjacent to an activating group) is 1. The van der Waals surface area contributed by atoms with E-state index in [4.69, 9.17) is 23.7 Å². The van der Waals surface area contributed by atoms with Crippen molar-refractivity contribution in [2.24, 2.45) is 4.99 Å². The molecule has 30 heavy (non-hydrogen) atoms. The van der Waals surface area contributed by atoms with Gasteiger partial charge in [-0.3, -0.25) is 0 Å². The summed E-state index contributed by atoms with van der Waals surface area (Å²) in [5.74, 6) is 0.111. The summed E-state index contributed by atoms with van der Waals surface area (Å²) in [4.78, 5) is 22.7. The summed E-state index contributed by atoms with van der Waals surface area (Å²) in [5.41, 5.74) is -0.806. The van der Waals surface area contributed by atoms with E-state index in [1.54, 1.807) is 39.0 Å². The van der Waals surface area contributed by atoms with Gasteiger partial charge in [0.25, 0.3) is 0 Å². The van der Waals surface area contributed by atoms with E-state index in [1.165, 1.54) is 6.20 Å². The van der Waals surface area contributed by atoms with E-state index in [2.05, 4.69) is 9.98 Å². The van der Waals surface area contributed by atoms with Crippen LogP contribution in [0.15, 0.2) is 17.3 Å². The Balaban J connectivity index is 1.92. The fourth-order valence-electron chi connectivity index (χ4n) is 2.91. The highest BCUT2D eigenvalue weighted by atomic mass is 16.6. The molecule has 0 saturated carbocycles. The van der Waals surface area contributed by atoms with E-state index in [0.29, 0.717) is 45.4 Å². The Labute approximate surface area is 176 Å². The maximum Gasteiger partial charge on any atom is 0.335 e. The Kier molecular flexibility index (Phi) is 9.28. The number of esters is 1. The topological polar surface area (TPSA) is 112 Å². The van der Waals surface area contributed by atoms with E-state index in [9.17, 15) is 9.90 Å². The lowest BCUT2D eigenvalue weighted by Gasteiger charge is -2.20. The molecule has 1 N–H and O–H groups in total. The van der Waals surface area contributed by atoms with Gasteiger partial charge in [-0.25, -0.2) is 14.8 Å². The monoisotopic (exact) mass is 425 g/mol. The van der Waals surface area contributed by atoms with Gasteiger partial charge in [0.1, 0.15) is 6.61 Å². The summed E-state index contributed by atoms with van der Waals surface area (Å²) in [7, 11) is 3.40. The second-order valence-corrected chi connectivity index (χ2v) is 6.86. The maximum atomic E-state index is 12.3. The number of methoxy groups -OCH3 is 1.